The Morgan fingerprint density at radius 3 is 2.65 bits per heavy atom. The Morgan fingerprint density at radius 2 is 1.84 bits per heavy atom. The van der Waals surface area contributed by atoms with Crippen molar-refractivity contribution in [1.29, 1.82) is 0 Å². The normalized spacial score (nSPS) is 12.8. The van der Waals surface area contributed by atoms with Crippen molar-refractivity contribution < 1.29 is 14.0 Å². The highest BCUT2D eigenvalue weighted by Crippen LogP contribution is 2.29. The van der Waals surface area contributed by atoms with Gasteiger partial charge in [0.05, 0.1) is 12.3 Å². The van der Waals surface area contributed by atoms with Crippen molar-refractivity contribution >= 4 is 29.3 Å². The summed E-state index contributed by atoms with van der Waals surface area (Å²) in [7, 11) is 0. The number of rotatable bonds is 7. The van der Waals surface area contributed by atoms with E-state index in [1.165, 1.54) is 29.5 Å². The first kappa shape index (κ1) is 24.7. The van der Waals surface area contributed by atoms with Crippen molar-refractivity contribution in [2.24, 2.45) is 0 Å². The maximum Gasteiger partial charge on any atom is 0.251 e. The molecule has 0 fully saturated rings. The number of carbonyl (C=O) groups excluding carboxylic acids is 2. The average Bonchev–Trinajstić information content (AvgIpc) is 3.33. The van der Waals surface area contributed by atoms with E-state index in [1.54, 1.807) is 22.8 Å². The molecule has 0 saturated heterocycles. The first-order valence-electron chi connectivity index (χ1n) is 12.1. The van der Waals surface area contributed by atoms with Crippen molar-refractivity contribution in [3.63, 3.8) is 0 Å². The summed E-state index contributed by atoms with van der Waals surface area (Å²) in [5.41, 5.74) is 4.31. The van der Waals surface area contributed by atoms with Gasteiger partial charge in [0.25, 0.3) is 5.91 Å². The van der Waals surface area contributed by atoms with E-state index in [0.29, 0.717) is 28.8 Å². The molecule has 3 aromatic carbocycles. The number of benzene rings is 3. The number of hydrogen-bond acceptors (Lipinski definition) is 5. The van der Waals surface area contributed by atoms with E-state index in [-0.39, 0.29) is 29.9 Å². The van der Waals surface area contributed by atoms with Crippen molar-refractivity contribution in [1.82, 2.24) is 20.1 Å². The molecular weight excluding hydrogens is 489 g/mol. The van der Waals surface area contributed by atoms with Crippen LogP contribution in [0.2, 0.25) is 0 Å². The van der Waals surface area contributed by atoms with Crippen LogP contribution >= 0.6 is 11.8 Å². The number of aromatic nitrogens is 3. The van der Waals surface area contributed by atoms with Crippen LogP contribution in [0.1, 0.15) is 33.7 Å². The molecule has 0 atom stereocenters. The minimum absolute atomic E-state index is 0.0138. The summed E-state index contributed by atoms with van der Waals surface area (Å²) in [5.74, 6) is 0.0410. The standard InChI is InChI=1S/C28H26FN5O2S/c1-19-6-4-8-21(16-19)27(36)30-17-25-31-32-28(34(25)23-13-11-22(29)12-14-23)37-18-26(35)33-15-5-9-20-7-2-3-10-24(20)33/h2-4,6-8,10-14,16H,5,9,15,17-18H2,1H3,(H,30,36). The zero-order chi connectivity index (χ0) is 25.8. The van der Waals surface area contributed by atoms with Crippen LogP contribution in [0.4, 0.5) is 10.1 Å². The van der Waals surface area contributed by atoms with E-state index in [9.17, 15) is 14.0 Å². The maximum absolute atomic E-state index is 13.6. The number of thioether (sulfide) groups is 1. The zero-order valence-electron chi connectivity index (χ0n) is 20.4. The summed E-state index contributed by atoms with van der Waals surface area (Å²) in [5, 5.41) is 12.0. The lowest BCUT2D eigenvalue weighted by atomic mass is 10.0. The van der Waals surface area contributed by atoms with E-state index in [1.807, 2.05) is 48.2 Å². The number of nitrogens with one attached hydrogen (secondary N) is 1. The Morgan fingerprint density at radius 1 is 1.03 bits per heavy atom. The first-order valence-corrected chi connectivity index (χ1v) is 13.0. The van der Waals surface area contributed by atoms with E-state index in [0.717, 1.165) is 24.1 Å². The fourth-order valence-electron chi connectivity index (χ4n) is 4.40. The summed E-state index contributed by atoms with van der Waals surface area (Å²) in [6.07, 6.45) is 1.88. The largest absolute Gasteiger partial charge is 0.345 e. The molecule has 9 heteroatoms. The molecule has 1 aliphatic heterocycles. The van der Waals surface area contributed by atoms with Gasteiger partial charge in [0.1, 0.15) is 5.82 Å². The Balaban J connectivity index is 1.35. The third-order valence-corrected chi connectivity index (χ3v) is 7.12. The lowest BCUT2D eigenvalue weighted by Gasteiger charge is -2.29. The number of fused-ring (bicyclic) bond motifs is 1. The van der Waals surface area contributed by atoms with Gasteiger partial charge >= 0.3 is 0 Å². The first-order chi connectivity index (χ1) is 18.0. The minimum Gasteiger partial charge on any atom is -0.345 e. The van der Waals surface area contributed by atoms with Gasteiger partial charge in [0.2, 0.25) is 5.91 Å². The number of anilines is 1. The zero-order valence-corrected chi connectivity index (χ0v) is 21.2. The third kappa shape index (κ3) is 5.56. The van der Waals surface area contributed by atoms with Crippen LogP contribution in [-0.2, 0) is 17.8 Å². The van der Waals surface area contributed by atoms with E-state index in [4.69, 9.17) is 0 Å². The van der Waals surface area contributed by atoms with Crippen LogP contribution in [0.25, 0.3) is 5.69 Å². The van der Waals surface area contributed by atoms with Crippen LogP contribution in [0.5, 0.6) is 0 Å². The smallest absolute Gasteiger partial charge is 0.251 e. The van der Waals surface area contributed by atoms with Gasteiger partial charge in [-0.2, -0.15) is 0 Å². The van der Waals surface area contributed by atoms with Gasteiger partial charge in [-0.05, 0) is 67.8 Å². The van der Waals surface area contributed by atoms with Gasteiger partial charge in [-0.25, -0.2) is 4.39 Å². The molecular formula is C28H26FN5O2S. The number of amides is 2. The van der Waals surface area contributed by atoms with Gasteiger partial charge in [-0.15, -0.1) is 10.2 Å². The summed E-state index contributed by atoms with van der Waals surface area (Å²) in [4.78, 5) is 27.7. The molecule has 4 aromatic rings. The average molecular weight is 516 g/mol. The second-order valence-corrected chi connectivity index (χ2v) is 9.77. The molecule has 2 amide bonds. The molecule has 5 rings (SSSR count). The van der Waals surface area contributed by atoms with Gasteiger partial charge < -0.3 is 10.2 Å². The number of aryl methyl sites for hydroxylation is 2. The second kappa shape index (κ2) is 11.0. The van der Waals surface area contributed by atoms with Gasteiger partial charge in [-0.3, -0.25) is 14.2 Å². The summed E-state index contributed by atoms with van der Waals surface area (Å²) in [6, 6.07) is 21.2. The van der Waals surface area contributed by atoms with E-state index < -0.39 is 0 Å². The van der Waals surface area contributed by atoms with Crippen molar-refractivity contribution in [2.45, 2.75) is 31.5 Å². The third-order valence-electron chi connectivity index (χ3n) is 6.21. The molecule has 0 spiro atoms. The van der Waals surface area contributed by atoms with Crippen LogP contribution in [-0.4, -0.2) is 38.9 Å². The number of hydrogen-bond donors (Lipinski definition) is 1. The molecule has 1 aliphatic rings. The highest BCUT2D eigenvalue weighted by atomic mass is 32.2. The van der Waals surface area contributed by atoms with Crippen LogP contribution < -0.4 is 10.2 Å². The Kier molecular flexibility index (Phi) is 7.32. The minimum atomic E-state index is -0.362. The van der Waals surface area contributed by atoms with Crippen LogP contribution in [0.3, 0.4) is 0 Å². The summed E-state index contributed by atoms with van der Waals surface area (Å²) in [6.45, 7) is 2.72. The molecule has 37 heavy (non-hydrogen) atoms. The number of nitrogens with zero attached hydrogens (tertiary/aromatic N) is 4. The molecule has 0 aliphatic carbocycles. The SMILES string of the molecule is Cc1cccc(C(=O)NCc2nnc(SCC(=O)N3CCCc4ccccc43)n2-c2ccc(F)cc2)c1. The fourth-order valence-corrected chi connectivity index (χ4v) is 5.25. The number of carbonyl (C=O) groups is 2. The van der Waals surface area contributed by atoms with Gasteiger partial charge in [0.15, 0.2) is 11.0 Å². The molecule has 1 aromatic heterocycles. The lowest BCUT2D eigenvalue weighted by Crippen LogP contribution is -2.36. The molecule has 2 heterocycles. The predicted molar refractivity (Wildman–Crippen MR) is 142 cm³/mol. The Hall–Kier alpha value is -3.98. The molecule has 7 nitrogen and oxygen atoms in total. The predicted octanol–water partition coefficient (Wildman–Crippen LogP) is 4.72. The number of halogens is 1. The monoisotopic (exact) mass is 515 g/mol. The van der Waals surface area contributed by atoms with Gasteiger partial charge in [-0.1, -0.05) is 47.7 Å². The molecule has 0 bridgehead atoms. The fraction of sp³-hybridized carbons (Fsp3) is 0.214. The molecule has 1 N–H and O–H groups in total. The van der Waals surface area contributed by atoms with Crippen molar-refractivity contribution in [2.75, 3.05) is 17.2 Å². The quantitative estimate of drug-likeness (QED) is 0.361. The van der Waals surface area contributed by atoms with Crippen molar-refractivity contribution in [3.05, 3.63) is 101 Å². The molecule has 0 radical (unpaired) electrons. The summed E-state index contributed by atoms with van der Waals surface area (Å²) >= 11 is 1.27. The Bertz CT molecular complexity index is 1440. The highest BCUT2D eigenvalue weighted by molar-refractivity contribution is 7.99. The van der Waals surface area contributed by atoms with Gasteiger partial charge in [0, 0.05) is 23.5 Å². The molecule has 0 unspecified atom stereocenters. The maximum atomic E-state index is 13.6. The second-order valence-electron chi connectivity index (χ2n) is 8.83. The van der Waals surface area contributed by atoms with E-state index in [2.05, 4.69) is 21.6 Å². The van der Waals surface area contributed by atoms with Crippen molar-refractivity contribution in [3.8, 4) is 5.69 Å². The highest BCUT2D eigenvalue weighted by Gasteiger charge is 2.24. The number of para-hydroxylation sites is 1. The Labute approximate surface area is 218 Å². The van der Waals surface area contributed by atoms with Crippen LogP contribution in [0, 0.1) is 12.7 Å². The summed E-state index contributed by atoms with van der Waals surface area (Å²) < 4.78 is 15.4. The van der Waals surface area contributed by atoms with Crippen LogP contribution in [0.15, 0.2) is 78.0 Å². The lowest BCUT2D eigenvalue weighted by molar-refractivity contribution is -0.116. The topological polar surface area (TPSA) is 80.1 Å². The molecule has 0 saturated carbocycles. The molecule has 188 valence electrons. The van der Waals surface area contributed by atoms with E-state index >= 15 is 0 Å².